The minimum atomic E-state index is -0.0463. The summed E-state index contributed by atoms with van der Waals surface area (Å²) in [6.07, 6.45) is 2.10. The number of likely N-dealkylation sites (N-methyl/N-ethyl adjacent to an activating group) is 1. The van der Waals surface area contributed by atoms with Gasteiger partial charge in [0, 0.05) is 42.8 Å². The van der Waals surface area contributed by atoms with Crippen molar-refractivity contribution >= 4 is 22.9 Å². The molecule has 2 aromatic rings. The van der Waals surface area contributed by atoms with Gasteiger partial charge in [0.25, 0.3) is 5.91 Å². The molecule has 0 aliphatic carbocycles. The van der Waals surface area contributed by atoms with Crippen molar-refractivity contribution in [3.05, 3.63) is 45.9 Å². The van der Waals surface area contributed by atoms with E-state index in [-0.39, 0.29) is 5.91 Å². The van der Waals surface area contributed by atoms with Crippen molar-refractivity contribution in [3.8, 4) is 0 Å². The maximum atomic E-state index is 12.3. The average Bonchev–Trinajstić information content (AvgIpc) is 3.08. The second-order valence-electron chi connectivity index (χ2n) is 6.50. The fraction of sp³-hybridized carbons (Fsp3) is 0.474. The van der Waals surface area contributed by atoms with E-state index in [1.807, 2.05) is 29.6 Å². The Morgan fingerprint density at radius 3 is 2.60 bits per heavy atom. The molecule has 1 amide bonds. The van der Waals surface area contributed by atoms with Crippen LogP contribution in [0, 0.1) is 0 Å². The quantitative estimate of drug-likeness (QED) is 0.863. The Morgan fingerprint density at radius 1 is 1.20 bits per heavy atom. The molecule has 1 aromatic carbocycles. The lowest BCUT2D eigenvalue weighted by Crippen LogP contribution is -2.44. The van der Waals surface area contributed by atoms with Gasteiger partial charge in [-0.2, -0.15) is 0 Å². The van der Waals surface area contributed by atoms with Gasteiger partial charge in [0.1, 0.15) is 0 Å². The first-order valence-corrected chi connectivity index (χ1v) is 9.78. The molecule has 1 saturated heterocycles. The van der Waals surface area contributed by atoms with Crippen LogP contribution in [-0.4, -0.2) is 49.0 Å². The van der Waals surface area contributed by atoms with Gasteiger partial charge in [-0.1, -0.05) is 6.92 Å². The number of aryl methyl sites for hydroxylation is 1. The number of hydrogen-bond acceptors (Lipinski definition) is 5. The molecule has 1 aromatic heterocycles. The Balaban J connectivity index is 1.53. The largest absolute Gasteiger partial charge is 0.369 e. The predicted octanol–water partition coefficient (Wildman–Crippen LogP) is 2.78. The van der Waals surface area contributed by atoms with Gasteiger partial charge in [0.2, 0.25) is 0 Å². The first kappa shape index (κ1) is 17.9. The molecule has 0 saturated carbocycles. The Kier molecular flexibility index (Phi) is 6.04. The van der Waals surface area contributed by atoms with E-state index in [0.717, 1.165) is 49.7 Å². The van der Waals surface area contributed by atoms with Crippen LogP contribution in [-0.2, 0) is 13.0 Å². The topological polar surface area (TPSA) is 48.5 Å². The Labute approximate surface area is 153 Å². The lowest BCUT2D eigenvalue weighted by atomic mass is 10.1. The van der Waals surface area contributed by atoms with Gasteiger partial charge in [-0.05, 0) is 44.2 Å². The lowest BCUT2D eigenvalue weighted by Gasteiger charge is -2.34. The molecule has 25 heavy (non-hydrogen) atoms. The molecule has 1 N–H and O–H groups in total. The number of carbonyl (C=O) groups excluding carboxylic acids is 1. The molecule has 0 radical (unpaired) electrons. The van der Waals surface area contributed by atoms with E-state index in [1.165, 1.54) is 5.69 Å². The summed E-state index contributed by atoms with van der Waals surface area (Å²) < 4.78 is 0. The van der Waals surface area contributed by atoms with Gasteiger partial charge >= 0.3 is 0 Å². The molecule has 2 heterocycles. The minimum absolute atomic E-state index is 0.0463. The number of amides is 1. The van der Waals surface area contributed by atoms with E-state index in [1.54, 1.807) is 11.3 Å². The van der Waals surface area contributed by atoms with E-state index in [0.29, 0.717) is 12.1 Å². The number of rotatable bonds is 6. The van der Waals surface area contributed by atoms with Crippen LogP contribution in [0.5, 0.6) is 0 Å². The van der Waals surface area contributed by atoms with Crippen molar-refractivity contribution in [2.75, 3.05) is 38.1 Å². The standard InChI is InChI=1S/C19H26N4OS/c1-3-4-18-21-16(14-25-18)13-20-19(24)15-5-7-17(8-6-15)23-11-9-22(2)10-12-23/h5-8,14H,3-4,9-13H2,1-2H3,(H,20,24). The molecular formula is C19H26N4OS. The van der Waals surface area contributed by atoms with Crippen molar-refractivity contribution in [3.63, 3.8) is 0 Å². The summed E-state index contributed by atoms with van der Waals surface area (Å²) in [6, 6.07) is 7.91. The molecule has 0 unspecified atom stereocenters. The minimum Gasteiger partial charge on any atom is -0.369 e. The highest BCUT2D eigenvalue weighted by Gasteiger charge is 2.14. The Hall–Kier alpha value is -1.92. The molecule has 3 rings (SSSR count). The van der Waals surface area contributed by atoms with Gasteiger partial charge in [-0.15, -0.1) is 11.3 Å². The second-order valence-corrected chi connectivity index (χ2v) is 7.45. The normalized spacial score (nSPS) is 15.4. The number of nitrogens with zero attached hydrogens (tertiary/aromatic N) is 3. The molecule has 1 aliphatic rings. The summed E-state index contributed by atoms with van der Waals surface area (Å²) in [5.74, 6) is -0.0463. The van der Waals surface area contributed by atoms with Gasteiger partial charge in [-0.25, -0.2) is 4.98 Å². The molecule has 1 fully saturated rings. The van der Waals surface area contributed by atoms with Gasteiger partial charge < -0.3 is 15.1 Å². The molecule has 5 nitrogen and oxygen atoms in total. The van der Waals surface area contributed by atoms with E-state index < -0.39 is 0 Å². The van der Waals surface area contributed by atoms with Crippen LogP contribution in [0.2, 0.25) is 0 Å². The van der Waals surface area contributed by atoms with Crippen molar-refractivity contribution in [1.29, 1.82) is 0 Å². The van der Waals surface area contributed by atoms with Crippen molar-refractivity contribution < 1.29 is 4.79 Å². The highest BCUT2D eigenvalue weighted by atomic mass is 32.1. The highest BCUT2D eigenvalue weighted by Crippen LogP contribution is 2.17. The molecule has 0 spiro atoms. The van der Waals surface area contributed by atoms with Crippen molar-refractivity contribution in [1.82, 2.24) is 15.2 Å². The summed E-state index contributed by atoms with van der Waals surface area (Å²) in [5, 5.41) is 6.13. The van der Waals surface area contributed by atoms with E-state index in [2.05, 4.69) is 34.1 Å². The van der Waals surface area contributed by atoms with E-state index >= 15 is 0 Å². The van der Waals surface area contributed by atoms with E-state index in [4.69, 9.17) is 0 Å². The van der Waals surface area contributed by atoms with Crippen LogP contribution in [0.1, 0.15) is 34.4 Å². The van der Waals surface area contributed by atoms with Gasteiger partial charge in [0.15, 0.2) is 0 Å². The predicted molar refractivity (Wildman–Crippen MR) is 103 cm³/mol. The Morgan fingerprint density at radius 2 is 1.92 bits per heavy atom. The molecule has 6 heteroatoms. The van der Waals surface area contributed by atoms with Crippen LogP contribution in [0.3, 0.4) is 0 Å². The highest BCUT2D eigenvalue weighted by molar-refractivity contribution is 7.09. The molecule has 0 atom stereocenters. The Bertz CT molecular complexity index is 690. The second kappa shape index (κ2) is 8.45. The number of benzene rings is 1. The summed E-state index contributed by atoms with van der Waals surface area (Å²) in [4.78, 5) is 21.6. The lowest BCUT2D eigenvalue weighted by molar-refractivity contribution is 0.0950. The third kappa shape index (κ3) is 4.80. The number of thiazole rings is 1. The zero-order valence-corrected chi connectivity index (χ0v) is 15.8. The van der Waals surface area contributed by atoms with Crippen LogP contribution in [0.15, 0.2) is 29.6 Å². The number of carbonyl (C=O) groups is 1. The zero-order valence-electron chi connectivity index (χ0n) is 15.0. The number of nitrogens with one attached hydrogen (secondary N) is 1. The fourth-order valence-electron chi connectivity index (χ4n) is 2.92. The first-order valence-electron chi connectivity index (χ1n) is 8.90. The fourth-order valence-corrected chi connectivity index (χ4v) is 3.82. The van der Waals surface area contributed by atoms with Crippen molar-refractivity contribution in [2.24, 2.45) is 0 Å². The molecule has 0 bridgehead atoms. The van der Waals surface area contributed by atoms with Gasteiger partial charge in [-0.3, -0.25) is 4.79 Å². The third-order valence-electron chi connectivity index (χ3n) is 4.49. The van der Waals surface area contributed by atoms with Crippen LogP contribution in [0.4, 0.5) is 5.69 Å². The summed E-state index contributed by atoms with van der Waals surface area (Å²) in [7, 11) is 2.15. The maximum absolute atomic E-state index is 12.3. The van der Waals surface area contributed by atoms with E-state index in [9.17, 15) is 4.79 Å². The number of hydrogen-bond donors (Lipinski definition) is 1. The maximum Gasteiger partial charge on any atom is 0.251 e. The summed E-state index contributed by atoms with van der Waals surface area (Å²) >= 11 is 1.67. The SMILES string of the molecule is CCCc1nc(CNC(=O)c2ccc(N3CCN(C)CC3)cc2)cs1. The average molecular weight is 359 g/mol. The summed E-state index contributed by atoms with van der Waals surface area (Å²) in [5.41, 5.74) is 2.83. The number of aromatic nitrogens is 1. The van der Waals surface area contributed by atoms with Crippen LogP contribution >= 0.6 is 11.3 Å². The number of anilines is 1. The van der Waals surface area contributed by atoms with Crippen molar-refractivity contribution in [2.45, 2.75) is 26.3 Å². The first-order chi connectivity index (χ1) is 12.2. The molecular weight excluding hydrogens is 332 g/mol. The molecule has 1 aliphatic heterocycles. The monoisotopic (exact) mass is 358 g/mol. The van der Waals surface area contributed by atoms with Gasteiger partial charge in [0.05, 0.1) is 17.2 Å². The number of piperazine rings is 1. The smallest absolute Gasteiger partial charge is 0.251 e. The van der Waals surface area contributed by atoms with Crippen LogP contribution in [0.25, 0.3) is 0 Å². The third-order valence-corrected chi connectivity index (χ3v) is 5.45. The summed E-state index contributed by atoms with van der Waals surface area (Å²) in [6.45, 7) is 6.86. The van der Waals surface area contributed by atoms with Crippen LogP contribution < -0.4 is 10.2 Å². The zero-order chi connectivity index (χ0) is 17.6. The molecule has 134 valence electrons.